The number of para-hydroxylation sites is 2. The largest absolute Gasteiger partial charge is 0.309 e. The summed E-state index contributed by atoms with van der Waals surface area (Å²) in [5.74, 6) is 0. The molecule has 0 saturated carbocycles. The van der Waals surface area contributed by atoms with Gasteiger partial charge in [0.2, 0.25) is 0 Å². The van der Waals surface area contributed by atoms with Crippen molar-refractivity contribution in [2.24, 2.45) is 0 Å². The van der Waals surface area contributed by atoms with E-state index in [1.807, 2.05) is 0 Å². The zero-order valence-electron chi connectivity index (χ0n) is 26.5. The molecule has 8 aromatic carbocycles. The van der Waals surface area contributed by atoms with Gasteiger partial charge in [-0.1, -0.05) is 127 Å². The Morgan fingerprint density at radius 3 is 1.37 bits per heavy atom. The van der Waals surface area contributed by atoms with Gasteiger partial charge < -0.3 is 9.13 Å². The molecule has 2 heterocycles. The molecule has 0 spiro atoms. The summed E-state index contributed by atoms with van der Waals surface area (Å²) in [5.41, 5.74) is 12.1. The monoisotopic (exact) mass is 736 g/mol. The maximum Gasteiger partial charge on any atom is 0.0627 e. The number of aromatic nitrogens is 2. The Bertz CT molecular complexity index is 2860. The molecule has 230 valence electrons. The molecule has 0 radical (unpaired) electrons. The molecule has 2 nitrogen and oxygen atoms in total. The van der Waals surface area contributed by atoms with E-state index in [0.717, 1.165) is 5.69 Å². The van der Waals surface area contributed by atoms with Gasteiger partial charge in [0.25, 0.3) is 0 Å². The number of halogens is 1. The van der Waals surface area contributed by atoms with Crippen LogP contribution in [-0.2, 0) is 0 Å². The van der Waals surface area contributed by atoms with Crippen molar-refractivity contribution in [1.82, 2.24) is 9.13 Å². The van der Waals surface area contributed by atoms with Crippen molar-refractivity contribution in [3.8, 4) is 33.6 Å². The Morgan fingerprint density at radius 1 is 0.327 bits per heavy atom. The van der Waals surface area contributed by atoms with Crippen LogP contribution in [-0.4, -0.2) is 9.13 Å². The van der Waals surface area contributed by atoms with Gasteiger partial charge >= 0.3 is 0 Å². The topological polar surface area (TPSA) is 9.86 Å². The fourth-order valence-corrected chi connectivity index (χ4v) is 8.19. The van der Waals surface area contributed by atoms with E-state index in [2.05, 4.69) is 208 Å². The van der Waals surface area contributed by atoms with E-state index in [1.165, 1.54) is 85.9 Å². The molecular formula is C46H29IN2. The van der Waals surface area contributed by atoms with Crippen LogP contribution in [0.2, 0.25) is 0 Å². The molecule has 0 aliphatic carbocycles. The summed E-state index contributed by atoms with van der Waals surface area (Å²) in [5, 5.41) is 7.61. The number of rotatable bonds is 4. The molecule has 0 bridgehead atoms. The van der Waals surface area contributed by atoms with Crippen molar-refractivity contribution in [3.05, 3.63) is 179 Å². The lowest BCUT2D eigenvalue weighted by Crippen LogP contribution is -1.97. The van der Waals surface area contributed by atoms with E-state index in [1.54, 1.807) is 0 Å². The zero-order valence-corrected chi connectivity index (χ0v) is 28.7. The lowest BCUT2D eigenvalue weighted by molar-refractivity contribution is 1.18. The summed E-state index contributed by atoms with van der Waals surface area (Å²) >= 11 is 2.39. The second kappa shape index (κ2) is 11.2. The second-order valence-electron chi connectivity index (χ2n) is 12.7. The standard InChI is InChI=1S/C46H29IN2/c47-34-25-27-35(28-26-34)48-41-19-8-6-17-39(41)43-44-40-18-7-9-20-42(40)49(46(44)38-16-5-4-15-37(38)45(43)48)36-14-10-13-33(29-36)32-23-21-31(22-24-32)30-11-2-1-3-12-30/h1-29H. The molecule has 0 atom stereocenters. The molecule has 0 fully saturated rings. The second-order valence-corrected chi connectivity index (χ2v) is 13.9. The van der Waals surface area contributed by atoms with Crippen LogP contribution in [0.15, 0.2) is 176 Å². The summed E-state index contributed by atoms with van der Waals surface area (Å²) in [6.45, 7) is 0. The van der Waals surface area contributed by atoms with Crippen LogP contribution in [0.4, 0.5) is 0 Å². The third-order valence-electron chi connectivity index (χ3n) is 9.95. The van der Waals surface area contributed by atoms with Crippen molar-refractivity contribution < 1.29 is 0 Å². The number of benzene rings is 8. The normalized spacial score (nSPS) is 11.8. The fourth-order valence-electron chi connectivity index (χ4n) is 7.83. The predicted molar refractivity (Wildman–Crippen MR) is 216 cm³/mol. The van der Waals surface area contributed by atoms with E-state index < -0.39 is 0 Å². The van der Waals surface area contributed by atoms with Crippen molar-refractivity contribution in [2.45, 2.75) is 0 Å². The van der Waals surface area contributed by atoms with Crippen molar-refractivity contribution in [1.29, 1.82) is 0 Å². The highest BCUT2D eigenvalue weighted by Gasteiger charge is 2.24. The lowest BCUT2D eigenvalue weighted by Gasteiger charge is -2.14. The van der Waals surface area contributed by atoms with Gasteiger partial charge in [-0.15, -0.1) is 0 Å². The molecule has 0 saturated heterocycles. The van der Waals surface area contributed by atoms with Crippen molar-refractivity contribution >= 4 is 77.0 Å². The van der Waals surface area contributed by atoms with E-state index >= 15 is 0 Å². The van der Waals surface area contributed by atoms with E-state index in [4.69, 9.17) is 0 Å². The zero-order chi connectivity index (χ0) is 32.5. The minimum atomic E-state index is 1.15. The number of fused-ring (bicyclic) bond motifs is 10. The molecule has 3 heteroatoms. The van der Waals surface area contributed by atoms with Gasteiger partial charge in [0.1, 0.15) is 0 Å². The number of hydrogen-bond donors (Lipinski definition) is 0. The number of nitrogens with zero attached hydrogens (tertiary/aromatic N) is 2. The van der Waals surface area contributed by atoms with E-state index in [0.29, 0.717) is 0 Å². The Labute approximate surface area is 297 Å². The molecule has 2 aromatic heterocycles. The molecule has 0 aliphatic heterocycles. The Kier molecular flexibility index (Phi) is 6.49. The smallest absolute Gasteiger partial charge is 0.0627 e. The average Bonchev–Trinajstić information content (AvgIpc) is 3.70. The van der Waals surface area contributed by atoms with Crippen LogP contribution >= 0.6 is 22.6 Å². The summed E-state index contributed by atoms with van der Waals surface area (Å²) in [7, 11) is 0. The molecule has 0 amide bonds. The first kappa shape index (κ1) is 28.4. The fraction of sp³-hybridized carbons (Fsp3) is 0. The van der Waals surface area contributed by atoms with Gasteiger partial charge in [-0.05, 0) is 93.4 Å². The maximum atomic E-state index is 2.49. The summed E-state index contributed by atoms with van der Waals surface area (Å²) in [6.07, 6.45) is 0. The van der Waals surface area contributed by atoms with Gasteiger partial charge in [0.15, 0.2) is 0 Å². The highest BCUT2D eigenvalue weighted by molar-refractivity contribution is 14.1. The molecule has 0 N–H and O–H groups in total. The van der Waals surface area contributed by atoms with Crippen LogP contribution in [0, 0.1) is 3.57 Å². The van der Waals surface area contributed by atoms with Crippen molar-refractivity contribution in [3.63, 3.8) is 0 Å². The summed E-state index contributed by atoms with van der Waals surface area (Å²) in [4.78, 5) is 0. The van der Waals surface area contributed by atoms with Crippen LogP contribution in [0.1, 0.15) is 0 Å². The Morgan fingerprint density at radius 2 is 0.776 bits per heavy atom. The molecule has 10 rings (SSSR count). The quantitative estimate of drug-likeness (QED) is 0.159. The maximum absolute atomic E-state index is 2.49. The van der Waals surface area contributed by atoms with Crippen LogP contribution in [0.5, 0.6) is 0 Å². The predicted octanol–water partition coefficient (Wildman–Crippen LogP) is 13.0. The van der Waals surface area contributed by atoms with Crippen LogP contribution < -0.4 is 0 Å². The minimum absolute atomic E-state index is 1.15. The van der Waals surface area contributed by atoms with Gasteiger partial charge in [-0.3, -0.25) is 0 Å². The lowest BCUT2D eigenvalue weighted by atomic mass is 9.99. The van der Waals surface area contributed by atoms with Gasteiger partial charge in [0.05, 0.1) is 22.1 Å². The van der Waals surface area contributed by atoms with E-state index in [9.17, 15) is 0 Å². The number of hydrogen-bond acceptors (Lipinski definition) is 0. The molecular weight excluding hydrogens is 707 g/mol. The third kappa shape index (κ3) is 4.39. The molecule has 0 aliphatic rings. The third-order valence-corrected chi connectivity index (χ3v) is 10.7. The van der Waals surface area contributed by atoms with Crippen LogP contribution in [0.3, 0.4) is 0 Å². The first-order chi connectivity index (χ1) is 24.2. The van der Waals surface area contributed by atoms with E-state index in [-0.39, 0.29) is 0 Å². The highest BCUT2D eigenvalue weighted by Crippen LogP contribution is 2.47. The Balaban J connectivity index is 1.29. The van der Waals surface area contributed by atoms with Gasteiger partial charge in [-0.2, -0.15) is 0 Å². The summed E-state index contributed by atoms with van der Waals surface area (Å²) < 4.78 is 6.19. The molecule has 0 unspecified atom stereocenters. The molecule has 49 heavy (non-hydrogen) atoms. The first-order valence-corrected chi connectivity index (χ1v) is 17.7. The average molecular weight is 737 g/mol. The SMILES string of the molecule is Ic1ccc(-n2c3ccccc3c3c4c5ccccc5n(-c5cccc(-c6ccc(-c7ccccc7)cc6)c5)c4c4ccccc4c32)cc1. The van der Waals surface area contributed by atoms with Crippen molar-refractivity contribution in [2.75, 3.05) is 0 Å². The Hall–Kier alpha value is -5.65. The highest BCUT2D eigenvalue weighted by atomic mass is 127. The van der Waals surface area contributed by atoms with Gasteiger partial charge in [-0.25, -0.2) is 0 Å². The van der Waals surface area contributed by atoms with Crippen LogP contribution in [0.25, 0.3) is 88.0 Å². The van der Waals surface area contributed by atoms with Gasteiger partial charge in [0, 0.05) is 47.3 Å². The minimum Gasteiger partial charge on any atom is -0.309 e. The summed E-state index contributed by atoms with van der Waals surface area (Å²) in [6, 6.07) is 64.2. The first-order valence-electron chi connectivity index (χ1n) is 16.6. The molecule has 10 aromatic rings.